The van der Waals surface area contributed by atoms with Gasteiger partial charge in [0.15, 0.2) is 22.9 Å². The van der Waals surface area contributed by atoms with Crippen molar-refractivity contribution in [2.45, 2.75) is 13.5 Å². The molecule has 0 aliphatic heterocycles. The molecule has 4 aromatic rings. The SMILES string of the molecule is COC(=O)c1cc(OC)c(OC(F)F)cc1NC(=O)c1cc(-c2ccco2)nc2c1c(C)nn2C. The summed E-state index contributed by atoms with van der Waals surface area (Å²) < 4.78 is 47.1. The van der Waals surface area contributed by atoms with Gasteiger partial charge in [0.25, 0.3) is 5.91 Å². The lowest BCUT2D eigenvalue weighted by Gasteiger charge is -2.16. The summed E-state index contributed by atoms with van der Waals surface area (Å²) in [6.07, 6.45) is 1.47. The van der Waals surface area contributed by atoms with Gasteiger partial charge >= 0.3 is 12.6 Å². The third-order valence-electron chi connectivity index (χ3n) is 5.16. The number of anilines is 1. The van der Waals surface area contributed by atoms with E-state index in [1.807, 2.05) is 0 Å². The maximum absolute atomic E-state index is 13.5. The highest BCUT2D eigenvalue weighted by atomic mass is 19.3. The van der Waals surface area contributed by atoms with Gasteiger partial charge in [0, 0.05) is 19.2 Å². The Balaban J connectivity index is 1.85. The van der Waals surface area contributed by atoms with E-state index < -0.39 is 18.5 Å². The van der Waals surface area contributed by atoms with Gasteiger partial charge < -0.3 is 23.9 Å². The minimum absolute atomic E-state index is 0.121. The van der Waals surface area contributed by atoms with Crippen molar-refractivity contribution in [3.63, 3.8) is 0 Å². The summed E-state index contributed by atoms with van der Waals surface area (Å²) in [7, 11) is 4.05. The third-order valence-corrected chi connectivity index (χ3v) is 5.16. The molecule has 35 heavy (non-hydrogen) atoms. The number of fused-ring (bicyclic) bond motifs is 1. The van der Waals surface area contributed by atoms with Gasteiger partial charge in [-0.3, -0.25) is 9.48 Å². The van der Waals surface area contributed by atoms with Crippen molar-refractivity contribution in [3.8, 4) is 23.0 Å². The fraction of sp³-hybridized carbons (Fsp3) is 0.217. The number of nitrogens with one attached hydrogen (secondary N) is 1. The first kappa shape index (κ1) is 23.7. The van der Waals surface area contributed by atoms with Gasteiger partial charge in [0.1, 0.15) is 5.69 Å². The molecule has 0 bridgehead atoms. The van der Waals surface area contributed by atoms with E-state index in [-0.39, 0.29) is 28.3 Å². The maximum Gasteiger partial charge on any atom is 0.387 e. The van der Waals surface area contributed by atoms with E-state index in [4.69, 9.17) is 13.9 Å². The summed E-state index contributed by atoms with van der Waals surface area (Å²) in [5.41, 5.74) is 1.26. The number of aryl methyl sites for hydroxylation is 2. The van der Waals surface area contributed by atoms with Crippen LogP contribution in [0, 0.1) is 6.92 Å². The molecule has 0 saturated carbocycles. The molecule has 0 aliphatic rings. The quantitative estimate of drug-likeness (QED) is 0.387. The van der Waals surface area contributed by atoms with E-state index in [1.165, 1.54) is 24.1 Å². The van der Waals surface area contributed by atoms with Crippen molar-refractivity contribution in [2.75, 3.05) is 19.5 Å². The lowest BCUT2D eigenvalue weighted by atomic mass is 10.1. The van der Waals surface area contributed by atoms with Crippen LogP contribution >= 0.6 is 0 Å². The lowest BCUT2D eigenvalue weighted by molar-refractivity contribution is -0.0511. The van der Waals surface area contributed by atoms with Crippen molar-refractivity contribution in [1.82, 2.24) is 14.8 Å². The highest BCUT2D eigenvalue weighted by Crippen LogP contribution is 2.36. The number of hydrogen-bond donors (Lipinski definition) is 1. The zero-order valence-corrected chi connectivity index (χ0v) is 19.1. The number of alkyl halides is 2. The second kappa shape index (κ2) is 9.41. The van der Waals surface area contributed by atoms with Crippen LogP contribution in [-0.2, 0) is 11.8 Å². The van der Waals surface area contributed by atoms with Gasteiger partial charge in [-0.2, -0.15) is 13.9 Å². The van der Waals surface area contributed by atoms with Crippen LogP contribution in [0.5, 0.6) is 11.5 Å². The molecule has 3 heterocycles. The van der Waals surface area contributed by atoms with Crippen LogP contribution in [0.3, 0.4) is 0 Å². The Morgan fingerprint density at radius 3 is 2.54 bits per heavy atom. The topological polar surface area (TPSA) is 118 Å². The molecule has 0 aliphatic carbocycles. The predicted molar refractivity (Wildman–Crippen MR) is 120 cm³/mol. The van der Waals surface area contributed by atoms with Crippen molar-refractivity contribution >= 4 is 28.6 Å². The molecule has 1 N–H and O–H groups in total. The number of pyridine rings is 1. The Morgan fingerprint density at radius 2 is 1.91 bits per heavy atom. The summed E-state index contributed by atoms with van der Waals surface area (Å²) in [5.74, 6) is -1.57. The number of carbonyl (C=O) groups excluding carboxylic acids is 2. The molecule has 12 heteroatoms. The standard InChI is InChI=1S/C23H20F2N4O6/c1-11-19-13(8-15(16-6-5-7-34-16)26-20(19)29(2)28-11)21(30)27-14-10-18(35-23(24)25)17(32-3)9-12(14)22(31)33-4/h5-10,23H,1-4H3,(H,27,30). The predicted octanol–water partition coefficient (Wildman–Crippen LogP) is 4.19. The number of amides is 1. The van der Waals surface area contributed by atoms with Crippen LogP contribution in [0.1, 0.15) is 26.4 Å². The molecule has 0 spiro atoms. The van der Waals surface area contributed by atoms with E-state index in [1.54, 1.807) is 26.1 Å². The Hall–Kier alpha value is -4.48. The van der Waals surface area contributed by atoms with Crippen LogP contribution in [0.25, 0.3) is 22.5 Å². The first-order valence-corrected chi connectivity index (χ1v) is 10.2. The first-order chi connectivity index (χ1) is 16.7. The van der Waals surface area contributed by atoms with Gasteiger partial charge in [-0.25, -0.2) is 9.78 Å². The minimum atomic E-state index is -3.16. The number of carbonyl (C=O) groups is 2. The van der Waals surface area contributed by atoms with Crippen LogP contribution in [-0.4, -0.2) is 47.5 Å². The number of halogens is 2. The molecule has 10 nitrogen and oxygen atoms in total. The van der Waals surface area contributed by atoms with Crippen molar-refractivity contribution in [2.24, 2.45) is 7.05 Å². The Morgan fingerprint density at radius 1 is 1.14 bits per heavy atom. The lowest BCUT2D eigenvalue weighted by Crippen LogP contribution is -2.17. The summed E-state index contributed by atoms with van der Waals surface area (Å²) in [5, 5.41) is 7.40. The zero-order valence-electron chi connectivity index (χ0n) is 19.1. The Bertz CT molecular complexity index is 1420. The van der Waals surface area contributed by atoms with Gasteiger partial charge in [-0.15, -0.1) is 0 Å². The second-order valence-electron chi connectivity index (χ2n) is 7.31. The molecule has 182 valence electrons. The number of hydrogen-bond acceptors (Lipinski definition) is 8. The molecule has 0 atom stereocenters. The highest BCUT2D eigenvalue weighted by Gasteiger charge is 2.24. The molecule has 1 aromatic carbocycles. The summed E-state index contributed by atoms with van der Waals surface area (Å²) in [6, 6.07) is 7.09. The average Bonchev–Trinajstić information content (AvgIpc) is 3.46. The van der Waals surface area contributed by atoms with Crippen molar-refractivity contribution in [1.29, 1.82) is 0 Å². The number of aromatic nitrogens is 3. The highest BCUT2D eigenvalue weighted by molar-refractivity contribution is 6.15. The number of rotatable bonds is 7. The number of methoxy groups -OCH3 is 2. The van der Waals surface area contributed by atoms with Crippen LogP contribution in [0.15, 0.2) is 41.0 Å². The van der Waals surface area contributed by atoms with E-state index in [9.17, 15) is 18.4 Å². The summed E-state index contributed by atoms with van der Waals surface area (Å²) in [4.78, 5) is 30.4. The van der Waals surface area contributed by atoms with Gasteiger partial charge in [-0.1, -0.05) is 0 Å². The smallest absolute Gasteiger partial charge is 0.387 e. The van der Waals surface area contributed by atoms with E-state index in [2.05, 4.69) is 20.1 Å². The third kappa shape index (κ3) is 4.50. The molecule has 3 aromatic heterocycles. The fourth-order valence-electron chi connectivity index (χ4n) is 3.65. The second-order valence-corrected chi connectivity index (χ2v) is 7.31. The maximum atomic E-state index is 13.5. The number of esters is 1. The Labute approximate surface area is 197 Å². The monoisotopic (exact) mass is 486 g/mol. The Kier molecular flexibility index (Phi) is 6.36. The minimum Gasteiger partial charge on any atom is -0.493 e. The van der Waals surface area contributed by atoms with Gasteiger partial charge in [0.05, 0.1) is 48.4 Å². The molecular formula is C23H20F2N4O6. The van der Waals surface area contributed by atoms with E-state index >= 15 is 0 Å². The summed E-state index contributed by atoms with van der Waals surface area (Å²) in [6.45, 7) is -1.44. The molecule has 4 rings (SSSR count). The molecule has 0 saturated heterocycles. The largest absolute Gasteiger partial charge is 0.493 e. The normalized spacial score (nSPS) is 11.1. The molecule has 0 unspecified atom stereocenters. The van der Waals surface area contributed by atoms with Crippen molar-refractivity contribution < 1.29 is 37.0 Å². The first-order valence-electron chi connectivity index (χ1n) is 10.2. The average molecular weight is 486 g/mol. The molecule has 0 fully saturated rings. The van der Waals surface area contributed by atoms with Crippen LogP contribution in [0.4, 0.5) is 14.5 Å². The molecule has 1 amide bonds. The molecule has 0 radical (unpaired) electrons. The summed E-state index contributed by atoms with van der Waals surface area (Å²) >= 11 is 0. The number of ether oxygens (including phenoxy) is 3. The van der Waals surface area contributed by atoms with Crippen LogP contribution < -0.4 is 14.8 Å². The molecular weight excluding hydrogens is 466 g/mol. The van der Waals surface area contributed by atoms with E-state index in [0.717, 1.165) is 19.2 Å². The van der Waals surface area contributed by atoms with Gasteiger partial charge in [0.2, 0.25) is 0 Å². The number of benzene rings is 1. The number of furan rings is 1. The zero-order chi connectivity index (χ0) is 25.3. The number of nitrogens with zero attached hydrogens (tertiary/aromatic N) is 3. The van der Waals surface area contributed by atoms with Crippen molar-refractivity contribution in [3.05, 3.63) is 53.4 Å². The van der Waals surface area contributed by atoms with Gasteiger partial charge in [-0.05, 0) is 25.1 Å². The fourth-order valence-corrected chi connectivity index (χ4v) is 3.65. The van der Waals surface area contributed by atoms with E-state index in [0.29, 0.717) is 28.2 Å². The van der Waals surface area contributed by atoms with Crippen LogP contribution in [0.2, 0.25) is 0 Å².